The summed E-state index contributed by atoms with van der Waals surface area (Å²) in [5.41, 5.74) is 2.90. The number of rotatable bonds is 8. The Morgan fingerprint density at radius 2 is 2.29 bits per heavy atom. The summed E-state index contributed by atoms with van der Waals surface area (Å²) < 4.78 is 5.07. The lowest BCUT2D eigenvalue weighted by atomic mass is 10.1. The largest absolute Gasteiger partial charge is 0.502 e. The van der Waals surface area contributed by atoms with Crippen LogP contribution in [-0.4, -0.2) is 13.2 Å². The number of hydrogen-bond acceptors (Lipinski definition) is 2. The van der Waals surface area contributed by atoms with Crippen LogP contribution < -0.4 is 5.32 Å². The molecule has 0 atom stereocenters. The molecule has 2 rings (SSSR count). The van der Waals surface area contributed by atoms with Crippen LogP contribution in [0, 0.1) is 0 Å². The Kier molecular flexibility index (Phi) is 4.63. The second kappa shape index (κ2) is 6.45. The van der Waals surface area contributed by atoms with Crippen LogP contribution in [0.25, 0.3) is 0 Å². The van der Waals surface area contributed by atoms with Crippen molar-refractivity contribution in [2.45, 2.75) is 31.7 Å². The summed E-state index contributed by atoms with van der Waals surface area (Å²) in [7, 11) is 0. The molecule has 2 heteroatoms. The van der Waals surface area contributed by atoms with E-state index in [0.717, 1.165) is 32.0 Å². The third-order valence-electron chi connectivity index (χ3n) is 3.06. The van der Waals surface area contributed by atoms with Crippen molar-refractivity contribution in [3.8, 4) is 0 Å². The smallest absolute Gasteiger partial charge is 0.0885 e. The van der Waals surface area contributed by atoms with Gasteiger partial charge in [-0.05, 0) is 42.9 Å². The fourth-order valence-corrected chi connectivity index (χ4v) is 1.97. The topological polar surface area (TPSA) is 21.3 Å². The van der Waals surface area contributed by atoms with E-state index in [1.165, 1.54) is 30.2 Å². The Morgan fingerprint density at radius 3 is 3.06 bits per heavy atom. The molecule has 0 bridgehead atoms. The molecular weight excluding hydrogens is 210 g/mol. The Bertz CT molecular complexity index is 358. The van der Waals surface area contributed by atoms with E-state index in [-0.39, 0.29) is 0 Å². The highest BCUT2D eigenvalue weighted by molar-refractivity contribution is 5.28. The van der Waals surface area contributed by atoms with E-state index in [0.29, 0.717) is 0 Å². The number of benzene rings is 1. The third kappa shape index (κ3) is 4.23. The predicted octanol–water partition coefficient (Wildman–Crippen LogP) is 3.20. The Labute approximate surface area is 104 Å². The highest BCUT2D eigenvalue weighted by Gasteiger charge is 2.23. The number of nitrogens with one attached hydrogen (secondary N) is 1. The van der Waals surface area contributed by atoms with Gasteiger partial charge in [-0.3, -0.25) is 0 Å². The van der Waals surface area contributed by atoms with Crippen LogP contribution in [0.4, 0.5) is 0 Å². The average Bonchev–Trinajstić information content (AvgIpc) is 3.18. The SMILES string of the molecule is C=COCCCNCc1cccc(C2CC2)c1. The Balaban J connectivity index is 1.67. The van der Waals surface area contributed by atoms with Crippen molar-refractivity contribution in [3.05, 3.63) is 48.2 Å². The van der Waals surface area contributed by atoms with Crippen LogP contribution in [0.3, 0.4) is 0 Å². The van der Waals surface area contributed by atoms with E-state index in [4.69, 9.17) is 4.74 Å². The van der Waals surface area contributed by atoms with Crippen LogP contribution in [-0.2, 0) is 11.3 Å². The molecule has 1 fully saturated rings. The molecule has 0 unspecified atom stereocenters. The van der Waals surface area contributed by atoms with Crippen molar-refractivity contribution in [2.75, 3.05) is 13.2 Å². The van der Waals surface area contributed by atoms with Gasteiger partial charge in [-0.1, -0.05) is 30.8 Å². The molecule has 1 aromatic rings. The zero-order valence-electron chi connectivity index (χ0n) is 10.3. The minimum absolute atomic E-state index is 0.749. The van der Waals surface area contributed by atoms with E-state index in [1.54, 1.807) is 0 Å². The molecule has 0 saturated heterocycles. The van der Waals surface area contributed by atoms with Gasteiger partial charge in [0.1, 0.15) is 0 Å². The summed E-state index contributed by atoms with van der Waals surface area (Å²) in [6.07, 6.45) is 5.26. The maximum atomic E-state index is 5.07. The highest BCUT2D eigenvalue weighted by atomic mass is 16.5. The van der Waals surface area contributed by atoms with Gasteiger partial charge in [0.2, 0.25) is 0 Å². The summed E-state index contributed by atoms with van der Waals surface area (Å²) in [6, 6.07) is 8.95. The molecule has 0 radical (unpaired) electrons. The van der Waals surface area contributed by atoms with Crippen molar-refractivity contribution >= 4 is 0 Å². The first-order valence-corrected chi connectivity index (χ1v) is 6.42. The molecule has 1 N–H and O–H groups in total. The molecule has 92 valence electrons. The van der Waals surface area contributed by atoms with Gasteiger partial charge in [0, 0.05) is 6.54 Å². The van der Waals surface area contributed by atoms with E-state index >= 15 is 0 Å². The number of ether oxygens (including phenoxy) is 1. The monoisotopic (exact) mass is 231 g/mol. The molecular formula is C15H21NO. The molecule has 2 nitrogen and oxygen atoms in total. The van der Waals surface area contributed by atoms with E-state index < -0.39 is 0 Å². The van der Waals surface area contributed by atoms with Crippen molar-refractivity contribution < 1.29 is 4.74 Å². The zero-order chi connectivity index (χ0) is 11.9. The second-order valence-electron chi connectivity index (χ2n) is 4.59. The molecule has 0 aliphatic heterocycles. The van der Waals surface area contributed by atoms with Crippen LogP contribution in [0.1, 0.15) is 36.3 Å². The second-order valence-corrected chi connectivity index (χ2v) is 4.59. The summed E-state index contributed by atoms with van der Waals surface area (Å²) in [5.74, 6) is 0.843. The molecule has 0 aromatic heterocycles. The zero-order valence-corrected chi connectivity index (χ0v) is 10.3. The van der Waals surface area contributed by atoms with Gasteiger partial charge in [0.05, 0.1) is 12.9 Å². The van der Waals surface area contributed by atoms with Gasteiger partial charge in [0.15, 0.2) is 0 Å². The molecule has 1 aliphatic rings. The van der Waals surface area contributed by atoms with Gasteiger partial charge in [0.25, 0.3) is 0 Å². The third-order valence-corrected chi connectivity index (χ3v) is 3.06. The minimum atomic E-state index is 0.749. The summed E-state index contributed by atoms with van der Waals surface area (Å²) in [4.78, 5) is 0. The Hall–Kier alpha value is -1.28. The fraction of sp³-hybridized carbons (Fsp3) is 0.467. The summed E-state index contributed by atoms with van der Waals surface area (Å²) in [6.45, 7) is 6.20. The lowest BCUT2D eigenvalue weighted by Crippen LogP contribution is -2.16. The van der Waals surface area contributed by atoms with E-state index in [2.05, 4.69) is 36.2 Å². The summed E-state index contributed by atoms with van der Waals surface area (Å²) in [5, 5.41) is 3.43. The summed E-state index contributed by atoms with van der Waals surface area (Å²) >= 11 is 0. The minimum Gasteiger partial charge on any atom is -0.502 e. The van der Waals surface area contributed by atoms with Gasteiger partial charge in [-0.25, -0.2) is 0 Å². The molecule has 1 saturated carbocycles. The number of hydrogen-bond donors (Lipinski definition) is 1. The first-order valence-electron chi connectivity index (χ1n) is 6.42. The highest BCUT2D eigenvalue weighted by Crippen LogP contribution is 2.40. The molecule has 0 heterocycles. The van der Waals surface area contributed by atoms with Gasteiger partial charge >= 0.3 is 0 Å². The quantitative estimate of drug-likeness (QED) is 0.548. The van der Waals surface area contributed by atoms with E-state index in [9.17, 15) is 0 Å². The molecule has 0 spiro atoms. The normalized spacial score (nSPS) is 14.6. The maximum Gasteiger partial charge on any atom is 0.0885 e. The first-order chi connectivity index (χ1) is 8.40. The van der Waals surface area contributed by atoms with Crippen molar-refractivity contribution in [1.82, 2.24) is 5.32 Å². The lowest BCUT2D eigenvalue weighted by molar-refractivity contribution is 0.244. The standard InChI is InChI=1S/C15H21NO/c1-2-17-10-4-9-16-12-13-5-3-6-15(11-13)14-7-8-14/h2-3,5-6,11,14,16H,1,4,7-10,12H2. The van der Waals surface area contributed by atoms with Crippen LogP contribution in [0.2, 0.25) is 0 Å². The van der Waals surface area contributed by atoms with Gasteiger partial charge in [-0.2, -0.15) is 0 Å². The molecule has 1 aromatic carbocycles. The molecule has 17 heavy (non-hydrogen) atoms. The molecule has 1 aliphatic carbocycles. The molecule has 0 amide bonds. The van der Waals surface area contributed by atoms with Crippen molar-refractivity contribution in [3.63, 3.8) is 0 Å². The van der Waals surface area contributed by atoms with Crippen LogP contribution in [0.15, 0.2) is 37.1 Å². The predicted molar refractivity (Wildman–Crippen MR) is 70.9 cm³/mol. The van der Waals surface area contributed by atoms with Gasteiger partial charge in [-0.15, -0.1) is 0 Å². The first kappa shape index (κ1) is 12.2. The van der Waals surface area contributed by atoms with Crippen molar-refractivity contribution in [2.24, 2.45) is 0 Å². The van der Waals surface area contributed by atoms with Gasteiger partial charge < -0.3 is 10.1 Å². The van der Waals surface area contributed by atoms with Crippen molar-refractivity contribution in [1.29, 1.82) is 0 Å². The Morgan fingerprint density at radius 1 is 1.41 bits per heavy atom. The van der Waals surface area contributed by atoms with E-state index in [1.807, 2.05) is 0 Å². The lowest BCUT2D eigenvalue weighted by Gasteiger charge is -2.06. The van der Waals surface area contributed by atoms with Crippen LogP contribution >= 0.6 is 0 Å². The van der Waals surface area contributed by atoms with Crippen LogP contribution in [0.5, 0.6) is 0 Å². The average molecular weight is 231 g/mol. The maximum absolute atomic E-state index is 5.07. The fourth-order valence-electron chi connectivity index (χ4n) is 1.97.